The van der Waals surface area contributed by atoms with Crippen molar-refractivity contribution in [3.63, 3.8) is 0 Å². The van der Waals surface area contributed by atoms with Gasteiger partial charge in [0.1, 0.15) is 0 Å². The number of ketones is 1. The molecule has 1 aliphatic rings. The third kappa shape index (κ3) is 1.72. The molecule has 0 unspecified atom stereocenters. The van der Waals surface area contributed by atoms with E-state index in [1.807, 2.05) is 24.3 Å². The van der Waals surface area contributed by atoms with Crippen LogP contribution in [0.4, 0.5) is 5.69 Å². The number of hydrogen-bond donors (Lipinski definition) is 0. The van der Waals surface area contributed by atoms with Gasteiger partial charge in [0.15, 0.2) is 11.5 Å². The van der Waals surface area contributed by atoms with Crippen LogP contribution in [0.5, 0.6) is 0 Å². The Balaban J connectivity index is 2.35. The molecule has 0 aliphatic heterocycles. The summed E-state index contributed by atoms with van der Waals surface area (Å²) >= 11 is 3.47. The topological polar surface area (TPSA) is 21.4 Å². The molecule has 0 aromatic heterocycles. The highest BCUT2D eigenvalue weighted by molar-refractivity contribution is 9.10. The lowest BCUT2D eigenvalue weighted by molar-refractivity contribution is 0.103. The minimum Gasteiger partial charge on any atom is -0.289 e. The molecule has 2 aromatic rings. The largest absolute Gasteiger partial charge is 0.289 e. The molecule has 0 fully saturated rings. The van der Waals surface area contributed by atoms with E-state index in [0.717, 1.165) is 21.2 Å². The van der Waals surface area contributed by atoms with Gasteiger partial charge in [-0.15, -0.1) is 0 Å². The van der Waals surface area contributed by atoms with Crippen LogP contribution in [-0.4, -0.2) is 5.78 Å². The highest BCUT2D eigenvalue weighted by Crippen LogP contribution is 2.43. The van der Waals surface area contributed by atoms with E-state index in [2.05, 4.69) is 34.6 Å². The van der Waals surface area contributed by atoms with Gasteiger partial charge in [-0.25, -0.2) is 4.85 Å². The lowest BCUT2D eigenvalue weighted by Crippen LogP contribution is -2.30. The minimum absolute atomic E-state index is 0.0401. The molecule has 0 amide bonds. The number of benzene rings is 2. The van der Waals surface area contributed by atoms with Crippen LogP contribution in [0.1, 0.15) is 40.9 Å². The van der Waals surface area contributed by atoms with E-state index in [1.165, 1.54) is 0 Å². The van der Waals surface area contributed by atoms with Gasteiger partial charge in [-0.05, 0) is 29.3 Å². The third-order valence-electron chi connectivity index (χ3n) is 3.95. The normalized spacial score (nSPS) is 15.2. The first kappa shape index (κ1) is 13.1. The summed E-state index contributed by atoms with van der Waals surface area (Å²) in [5.74, 6) is 0.0401. The van der Waals surface area contributed by atoms with E-state index < -0.39 is 0 Å². The Morgan fingerprint density at radius 2 is 1.65 bits per heavy atom. The van der Waals surface area contributed by atoms with Crippen molar-refractivity contribution in [1.29, 1.82) is 0 Å². The fourth-order valence-corrected chi connectivity index (χ4v) is 3.20. The standard InChI is InChI=1S/C17H12BrNO/c1-17(2)14-8-10(18)4-6-12(14)16(20)13-7-5-11(19-3)9-15(13)17/h4-9H,1-2H3. The van der Waals surface area contributed by atoms with Crippen LogP contribution in [0.15, 0.2) is 40.9 Å². The van der Waals surface area contributed by atoms with E-state index in [-0.39, 0.29) is 11.2 Å². The lowest BCUT2D eigenvalue weighted by Gasteiger charge is -2.34. The summed E-state index contributed by atoms with van der Waals surface area (Å²) in [6, 6.07) is 11.1. The van der Waals surface area contributed by atoms with Gasteiger partial charge >= 0.3 is 0 Å². The smallest absolute Gasteiger partial charge is 0.193 e. The molecule has 98 valence electrons. The molecular weight excluding hydrogens is 314 g/mol. The Hall–Kier alpha value is -1.92. The van der Waals surface area contributed by atoms with Gasteiger partial charge in [0.2, 0.25) is 0 Å². The maximum absolute atomic E-state index is 12.6. The summed E-state index contributed by atoms with van der Waals surface area (Å²) in [7, 11) is 0. The van der Waals surface area contributed by atoms with Crippen LogP contribution in [0, 0.1) is 6.57 Å². The molecule has 0 radical (unpaired) electrons. The fourth-order valence-electron chi connectivity index (χ4n) is 2.84. The fraction of sp³-hybridized carbons (Fsp3) is 0.176. The molecule has 2 aromatic carbocycles. The van der Waals surface area contributed by atoms with Crippen molar-refractivity contribution in [1.82, 2.24) is 0 Å². The van der Waals surface area contributed by atoms with Crippen LogP contribution in [0.2, 0.25) is 0 Å². The Morgan fingerprint density at radius 3 is 2.30 bits per heavy atom. The van der Waals surface area contributed by atoms with Crippen LogP contribution in [0.3, 0.4) is 0 Å². The predicted octanol–water partition coefficient (Wildman–Crippen LogP) is 4.87. The molecule has 0 atom stereocenters. The van der Waals surface area contributed by atoms with Crippen molar-refractivity contribution < 1.29 is 4.79 Å². The zero-order valence-corrected chi connectivity index (χ0v) is 12.8. The second-order valence-electron chi connectivity index (χ2n) is 5.49. The zero-order valence-electron chi connectivity index (χ0n) is 11.2. The maximum atomic E-state index is 12.6. The van der Waals surface area contributed by atoms with E-state index in [4.69, 9.17) is 6.57 Å². The Kier molecular flexibility index (Phi) is 2.81. The molecule has 0 spiro atoms. The predicted molar refractivity (Wildman–Crippen MR) is 82.4 cm³/mol. The summed E-state index contributed by atoms with van der Waals surface area (Å²) < 4.78 is 0.960. The Labute approximate surface area is 126 Å². The summed E-state index contributed by atoms with van der Waals surface area (Å²) in [5.41, 5.74) is 3.68. The van der Waals surface area contributed by atoms with Crippen molar-refractivity contribution in [3.8, 4) is 0 Å². The van der Waals surface area contributed by atoms with Crippen LogP contribution in [-0.2, 0) is 5.41 Å². The molecule has 3 heteroatoms. The number of halogens is 1. The van der Waals surface area contributed by atoms with Crippen molar-refractivity contribution in [3.05, 3.63) is 74.5 Å². The number of rotatable bonds is 0. The quantitative estimate of drug-likeness (QED) is 0.633. The van der Waals surface area contributed by atoms with Crippen LogP contribution in [0.25, 0.3) is 4.85 Å². The van der Waals surface area contributed by atoms with Gasteiger partial charge in [-0.2, -0.15) is 0 Å². The highest BCUT2D eigenvalue weighted by Gasteiger charge is 2.36. The van der Waals surface area contributed by atoms with Gasteiger partial charge in [-0.3, -0.25) is 4.79 Å². The second kappa shape index (κ2) is 4.29. The van der Waals surface area contributed by atoms with Crippen LogP contribution >= 0.6 is 15.9 Å². The summed E-state index contributed by atoms with van der Waals surface area (Å²) in [5, 5.41) is 0. The van der Waals surface area contributed by atoms with Gasteiger partial charge in [-0.1, -0.05) is 48.0 Å². The van der Waals surface area contributed by atoms with E-state index >= 15 is 0 Å². The summed E-state index contributed by atoms with van der Waals surface area (Å²) in [6.45, 7) is 11.3. The van der Waals surface area contributed by atoms with Crippen LogP contribution < -0.4 is 0 Å². The molecule has 2 nitrogen and oxygen atoms in total. The summed E-state index contributed by atoms with van der Waals surface area (Å²) in [6.07, 6.45) is 0. The number of fused-ring (bicyclic) bond motifs is 2. The number of carbonyl (C=O) groups excluding carboxylic acids is 1. The third-order valence-corrected chi connectivity index (χ3v) is 4.44. The second-order valence-corrected chi connectivity index (χ2v) is 6.40. The molecule has 0 N–H and O–H groups in total. The first-order valence-electron chi connectivity index (χ1n) is 6.32. The first-order valence-corrected chi connectivity index (χ1v) is 7.11. The highest BCUT2D eigenvalue weighted by atomic mass is 79.9. The minimum atomic E-state index is -0.289. The van der Waals surface area contributed by atoms with E-state index in [1.54, 1.807) is 12.1 Å². The van der Waals surface area contributed by atoms with Crippen molar-refractivity contribution in [2.45, 2.75) is 19.3 Å². The number of carbonyl (C=O) groups is 1. The average molecular weight is 326 g/mol. The van der Waals surface area contributed by atoms with Crippen molar-refractivity contribution in [2.75, 3.05) is 0 Å². The molecule has 1 aliphatic carbocycles. The van der Waals surface area contributed by atoms with Gasteiger partial charge in [0.25, 0.3) is 0 Å². The van der Waals surface area contributed by atoms with Crippen molar-refractivity contribution in [2.24, 2.45) is 0 Å². The molecule has 20 heavy (non-hydrogen) atoms. The van der Waals surface area contributed by atoms with E-state index in [0.29, 0.717) is 11.3 Å². The first-order chi connectivity index (χ1) is 9.45. The number of hydrogen-bond acceptors (Lipinski definition) is 1. The zero-order chi connectivity index (χ0) is 14.5. The molecule has 0 bridgehead atoms. The van der Waals surface area contributed by atoms with Gasteiger partial charge in [0, 0.05) is 21.0 Å². The summed E-state index contributed by atoms with van der Waals surface area (Å²) in [4.78, 5) is 16.1. The molecular formula is C17H12BrNO. The van der Waals surface area contributed by atoms with E-state index in [9.17, 15) is 4.79 Å². The average Bonchev–Trinajstić information content (AvgIpc) is 2.44. The maximum Gasteiger partial charge on any atom is 0.193 e. The number of nitrogens with zero attached hydrogens (tertiary/aromatic N) is 1. The lowest BCUT2D eigenvalue weighted by atomic mass is 9.68. The Morgan fingerprint density at radius 1 is 1.05 bits per heavy atom. The molecule has 0 saturated heterocycles. The van der Waals surface area contributed by atoms with Gasteiger partial charge in [0.05, 0.1) is 6.57 Å². The molecule has 0 heterocycles. The molecule has 0 saturated carbocycles. The van der Waals surface area contributed by atoms with Crippen molar-refractivity contribution >= 4 is 27.4 Å². The SMILES string of the molecule is [C-]#[N+]c1ccc2c(c1)C(C)(C)c1cc(Br)ccc1C2=O. The molecule has 3 rings (SSSR count). The monoisotopic (exact) mass is 325 g/mol. The van der Waals surface area contributed by atoms with Gasteiger partial charge < -0.3 is 0 Å². The Bertz CT molecular complexity index is 784.